The summed E-state index contributed by atoms with van der Waals surface area (Å²) < 4.78 is 0. The molecular weight excluding hydrogens is 342 g/mol. The Labute approximate surface area is 142 Å². The second kappa shape index (κ2) is 9.66. The standard InChI is InChI=1S/C12H14N4.4ClH/c13-8-3-1-7(2-4-8)9-5-11(15)12(16)6-10(9)14;;;;/h1-6H,13-16H2;4*1H. The summed E-state index contributed by atoms with van der Waals surface area (Å²) in [5.74, 6) is 0. The molecule has 0 aliphatic heterocycles. The van der Waals surface area contributed by atoms with Gasteiger partial charge in [-0.3, -0.25) is 0 Å². The molecule has 0 unspecified atom stereocenters. The van der Waals surface area contributed by atoms with E-state index in [4.69, 9.17) is 22.9 Å². The zero-order valence-corrected chi connectivity index (χ0v) is 13.7. The van der Waals surface area contributed by atoms with Crippen LogP contribution < -0.4 is 22.9 Å². The lowest BCUT2D eigenvalue weighted by Gasteiger charge is -2.09. The van der Waals surface area contributed by atoms with Gasteiger partial charge in [0.2, 0.25) is 0 Å². The number of anilines is 4. The first kappa shape index (κ1) is 23.9. The van der Waals surface area contributed by atoms with Crippen molar-refractivity contribution in [2.75, 3.05) is 22.9 Å². The normalized spacial score (nSPS) is 8.20. The van der Waals surface area contributed by atoms with E-state index in [1.807, 2.05) is 24.3 Å². The van der Waals surface area contributed by atoms with E-state index in [0.717, 1.165) is 11.1 Å². The monoisotopic (exact) mass is 358 g/mol. The molecule has 0 bridgehead atoms. The number of hydrogen-bond acceptors (Lipinski definition) is 4. The van der Waals surface area contributed by atoms with Crippen LogP contribution in [0, 0.1) is 0 Å². The van der Waals surface area contributed by atoms with Crippen LogP contribution in [0.2, 0.25) is 0 Å². The third kappa shape index (κ3) is 5.06. The van der Waals surface area contributed by atoms with Crippen LogP contribution in [0.4, 0.5) is 22.7 Å². The summed E-state index contributed by atoms with van der Waals surface area (Å²) >= 11 is 0. The van der Waals surface area contributed by atoms with Crippen LogP contribution in [0.1, 0.15) is 0 Å². The zero-order chi connectivity index (χ0) is 11.7. The van der Waals surface area contributed by atoms with Crippen molar-refractivity contribution in [3.05, 3.63) is 36.4 Å². The first-order valence-electron chi connectivity index (χ1n) is 4.88. The molecule has 0 atom stereocenters. The van der Waals surface area contributed by atoms with Crippen molar-refractivity contribution in [1.82, 2.24) is 0 Å². The highest BCUT2D eigenvalue weighted by atomic mass is 35.5. The van der Waals surface area contributed by atoms with Gasteiger partial charge in [-0.05, 0) is 29.8 Å². The summed E-state index contributed by atoms with van der Waals surface area (Å²) in [5, 5.41) is 0. The smallest absolute Gasteiger partial charge is 0.0568 e. The van der Waals surface area contributed by atoms with E-state index in [1.54, 1.807) is 12.1 Å². The van der Waals surface area contributed by atoms with Crippen molar-refractivity contribution in [1.29, 1.82) is 0 Å². The van der Waals surface area contributed by atoms with E-state index < -0.39 is 0 Å². The average Bonchev–Trinajstić information content (AvgIpc) is 2.25. The fourth-order valence-electron chi connectivity index (χ4n) is 1.56. The van der Waals surface area contributed by atoms with E-state index in [1.165, 1.54) is 0 Å². The zero-order valence-electron chi connectivity index (χ0n) is 10.4. The van der Waals surface area contributed by atoms with Gasteiger partial charge in [0.05, 0.1) is 11.4 Å². The molecule has 0 spiro atoms. The fraction of sp³-hybridized carbons (Fsp3) is 0. The Morgan fingerprint density at radius 1 is 0.550 bits per heavy atom. The van der Waals surface area contributed by atoms with E-state index in [2.05, 4.69) is 0 Å². The van der Waals surface area contributed by atoms with Crippen LogP contribution in [0.15, 0.2) is 36.4 Å². The molecular formula is C12H18Cl4N4. The maximum absolute atomic E-state index is 5.89. The highest BCUT2D eigenvalue weighted by Gasteiger charge is 2.05. The van der Waals surface area contributed by atoms with Gasteiger partial charge < -0.3 is 22.9 Å². The van der Waals surface area contributed by atoms with Gasteiger partial charge in [-0.2, -0.15) is 0 Å². The number of benzene rings is 2. The molecule has 0 fully saturated rings. The lowest BCUT2D eigenvalue weighted by atomic mass is 10.0. The first-order valence-corrected chi connectivity index (χ1v) is 4.88. The molecule has 0 radical (unpaired) electrons. The van der Waals surface area contributed by atoms with E-state index in [0.29, 0.717) is 22.7 Å². The Bertz CT molecular complexity index is 532. The maximum Gasteiger partial charge on any atom is 0.0568 e. The lowest BCUT2D eigenvalue weighted by Crippen LogP contribution is -1.98. The molecule has 0 saturated carbocycles. The van der Waals surface area contributed by atoms with Crippen LogP contribution in [-0.2, 0) is 0 Å². The van der Waals surface area contributed by atoms with Crippen molar-refractivity contribution < 1.29 is 0 Å². The second-order valence-electron chi connectivity index (χ2n) is 3.69. The van der Waals surface area contributed by atoms with E-state index in [9.17, 15) is 0 Å². The van der Waals surface area contributed by atoms with Crippen LogP contribution in [-0.4, -0.2) is 0 Å². The third-order valence-electron chi connectivity index (χ3n) is 2.48. The number of rotatable bonds is 1. The average molecular weight is 360 g/mol. The molecule has 8 heteroatoms. The SMILES string of the molecule is Cl.Cl.Cl.Cl.Nc1ccc(-c2cc(N)c(N)cc2N)cc1. The Morgan fingerprint density at radius 2 is 1.00 bits per heavy atom. The molecule has 2 aromatic carbocycles. The summed E-state index contributed by atoms with van der Waals surface area (Å²) in [5.41, 5.74) is 27.1. The summed E-state index contributed by atoms with van der Waals surface area (Å²) in [6, 6.07) is 10.9. The summed E-state index contributed by atoms with van der Waals surface area (Å²) in [6.07, 6.45) is 0. The quantitative estimate of drug-likeness (QED) is 0.586. The van der Waals surface area contributed by atoms with Crippen molar-refractivity contribution >= 4 is 72.4 Å². The molecule has 4 nitrogen and oxygen atoms in total. The van der Waals surface area contributed by atoms with Crippen LogP contribution in [0.25, 0.3) is 11.1 Å². The number of nitrogens with two attached hydrogens (primary N) is 4. The molecule has 0 aliphatic rings. The van der Waals surface area contributed by atoms with Crippen molar-refractivity contribution in [2.45, 2.75) is 0 Å². The summed E-state index contributed by atoms with van der Waals surface area (Å²) in [4.78, 5) is 0. The van der Waals surface area contributed by atoms with E-state index in [-0.39, 0.29) is 49.6 Å². The van der Waals surface area contributed by atoms with Gasteiger partial charge in [0.25, 0.3) is 0 Å². The van der Waals surface area contributed by atoms with Crippen LogP contribution in [0.5, 0.6) is 0 Å². The molecule has 8 N–H and O–H groups in total. The topological polar surface area (TPSA) is 104 Å². The van der Waals surface area contributed by atoms with Crippen LogP contribution in [0.3, 0.4) is 0 Å². The van der Waals surface area contributed by atoms with Crippen LogP contribution >= 0.6 is 49.6 Å². The summed E-state index contributed by atoms with van der Waals surface area (Å²) in [6.45, 7) is 0. The lowest BCUT2D eigenvalue weighted by molar-refractivity contribution is 1.59. The molecule has 20 heavy (non-hydrogen) atoms. The Kier molecular flexibility index (Phi) is 11.5. The Hall–Kier alpha value is -1.20. The number of nitrogen functional groups attached to an aromatic ring is 4. The van der Waals surface area contributed by atoms with Gasteiger partial charge in [-0.1, -0.05) is 12.1 Å². The number of halogens is 4. The molecule has 114 valence electrons. The molecule has 2 aromatic rings. The fourth-order valence-corrected chi connectivity index (χ4v) is 1.56. The minimum atomic E-state index is 0. The van der Waals surface area contributed by atoms with Gasteiger partial charge in [0.15, 0.2) is 0 Å². The van der Waals surface area contributed by atoms with Crippen molar-refractivity contribution in [3.63, 3.8) is 0 Å². The number of hydrogen-bond donors (Lipinski definition) is 4. The summed E-state index contributed by atoms with van der Waals surface area (Å²) in [7, 11) is 0. The molecule has 0 aromatic heterocycles. The minimum absolute atomic E-state index is 0. The minimum Gasteiger partial charge on any atom is -0.399 e. The van der Waals surface area contributed by atoms with E-state index >= 15 is 0 Å². The van der Waals surface area contributed by atoms with Crippen molar-refractivity contribution in [3.8, 4) is 11.1 Å². The van der Waals surface area contributed by atoms with Gasteiger partial charge in [-0.15, -0.1) is 49.6 Å². The Balaban J connectivity index is -0.000000722. The van der Waals surface area contributed by atoms with Crippen molar-refractivity contribution in [2.24, 2.45) is 0 Å². The third-order valence-corrected chi connectivity index (χ3v) is 2.48. The van der Waals surface area contributed by atoms with Gasteiger partial charge in [0.1, 0.15) is 0 Å². The predicted octanol–water partition coefficient (Wildman–Crippen LogP) is 3.37. The molecule has 0 amide bonds. The van der Waals surface area contributed by atoms with Gasteiger partial charge in [-0.25, -0.2) is 0 Å². The second-order valence-corrected chi connectivity index (χ2v) is 3.69. The maximum atomic E-state index is 5.89. The molecule has 0 heterocycles. The predicted molar refractivity (Wildman–Crippen MR) is 98.5 cm³/mol. The van der Waals surface area contributed by atoms with Gasteiger partial charge >= 0.3 is 0 Å². The highest BCUT2D eigenvalue weighted by molar-refractivity contribution is 5.86. The molecule has 0 saturated heterocycles. The molecule has 2 rings (SSSR count). The largest absolute Gasteiger partial charge is 0.399 e. The Morgan fingerprint density at radius 3 is 1.50 bits per heavy atom. The van der Waals surface area contributed by atoms with Gasteiger partial charge in [0, 0.05) is 16.9 Å². The first-order chi connectivity index (χ1) is 7.58. The molecule has 0 aliphatic carbocycles. The highest BCUT2D eigenvalue weighted by Crippen LogP contribution is 2.31.